The lowest BCUT2D eigenvalue weighted by molar-refractivity contribution is -0.123. The van der Waals surface area contributed by atoms with Gasteiger partial charge in [-0.05, 0) is 19.3 Å². The minimum Gasteiger partial charge on any atom is -0.354 e. The molecule has 102 valence electrons. The van der Waals surface area contributed by atoms with Crippen molar-refractivity contribution in [2.45, 2.75) is 25.8 Å². The fourth-order valence-electron chi connectivity index (χ4n) is 2.08. The van der Waals surface area contributed by atoms with Crippen LogP contribution in [0.5, 0.6) is 0 Å². The molecular formula is C13H17N3O3. The number of rotatable bonds is 4. The van der Waals surface area contributed by atoms with Gasteiger partial charge in [0, 0.05) is 25.4 Å². The number of carbonyl (C=O) groups is 1. The van der Waals surface area contributed by atoms with E-state index in [1.165, 1.54) is 16.8 Å². The van der Waals surface area contributed by atoms with Gasteiger partial charge in [-0.3, -0.25) is 19.1 Å². The van der Waals surface area contributed by atoms with E-state index >= 15 is 0 Å². The number of allylic oxidation sites excluding steroid dienone is 1. The minimum atomic E-state index is -0.459. The Labute approximate surface area is 110 Å². The van der Waals surface area contributed by atoms with Crippen LogP contribution in [0.15, 0.2) is 34.0 Å². The average molecular weight is 263 g/mol. The Morgan fingerprint density at radius 1 is 1.47 bits per heavy atom. The summed E-state index contributed by atoms with van der Waals surface area (Å²) in [5.74, 6) is -0.0607. The maximum Gasteiger partial charge on any atom is 0.328 e. The summed E-state index contributed by atoms with van der Waals surface area (Å²) in [4.78, 5) is 36.3. The molecule has 1 aliphatic carbocycles. The van der Waals surface area contributed by atoms with Crippen molar-refractivity contribution in [1.82, 2.24) is 14.9 Å². The molecule has 0 radical (unpaired) electrons. The van der Waals surface area contributed by atoms with Crippen LogP contribution in [0.25, 0.3) is 0 Å². The van der Waals surface area contributed by atoms with Crippen LogP contribution in [-0.4, -0.2) is 22.0 Å². The van der Waals surface area contributed by atoms with E-state index in [2.05, 4.69) is 10.3 Å². The number of hydrogen-bond acceptors (Lipinski definition) is 3. The quantitative estimate of drug-likeness (QED) is 0.750. The number of hydrogen-bond donors (Lipinski definition) is 2. The largest absolute Gasteiger partial charge is 0.354 e. The molecule has 0 aliphatic heterocycles. The molecule has 0 saturated carbocycles. The standard InChI is InChI=1S/C13H17N3O3/c17-11-6-8-16(13(19)15-11)9-7-14-12(18)10-4-2-1-3-5-10/h2,4,6,8,10H,1,3,5,7,9H2,(H,14,18)(H,15,17,19). The van der Waals surface area contributed by atoms with Crippen LogP contribution < -0.4 is 16.6 Å². The molecule has 0 aromatic carbocycles. The Balaban J connectivity index is 1.84. The van der Waals surface area contributed by atoms with E-state index in [0.717, 1.165) is 19.3 Å². The van der Waals surface area contributed by atoms with Crippen LogP contribution in [0.3, 0.4) is 0 Å². The zero-order chi connectivity index (χ0) is 13.7. The second kappa shape index (κ2) is 6.17. The van der Waals surface area contributed by atoms with E-state index in [9.17, 15) is 14.4 Å². The van der Waals surface area contributed by atoms with Gasteiger partial charge in [0.05, 0.1) is 5.92 Å². The van der Waals surface area contributed by atoms with E-state index in [4.69, 9.17) is 0 Å². The summed E-state index contributed by atoms with van der Waals surface area (Å²) in [6, 6.07) is 1.28. The number of H-pyrrole nitrogens is 1. The van der Waals surface area contributed by atoms with E-state index in [0.29, 0.717) is 13.1 Å². The summed E-state index contributed by atoms with van der Waals surface area (Å²) in [5, 5.41) is 2.80. The zero-order valence-corrected chi connectivity index (χ0v) is 10.6. The Morgan fingerprint density at radius 2 is 2.32 bits per heavy atom. The number of carbonyl (C=O) groups excluding carboxylic acids is 1. The van der Waals surface area contributed by atoms with E-state index in [-0.39, 0.29) is 11.8 Å². The normalized spacial score (nSPS) is 18.2. The van der Waals surface area contributed by atoms with Crippen molar-refractivity contribution >= 4 is 5.91 Å². The highest BCUT2D eigenvalue weighted by Gasteiger charge is 2.16. The fourth-order valence-corrected chi connectivity index (χ4v) is 2.08. The van der Waals surface area contributed by atoms with Crippen LogP contribution in [0, 0.1) is 5.92 Å². The summed E-state index contributed by atoms with van der Waals surface area (Å²) >= 11 is 0. The summed E-state index contributed by atoms with van der Waals surface area (Å²) in [6.07, 6.45) is 8.34. The van der Waals surface area contributed by atoms with Gasteiger partial charge in [-0.2, -0.15) is 0 Å². The molecule has 1 atom stereocenters. The number of aromatic amines is 1. The predicted molar refractivity (Wildman–Crippen MR) is 70.8 cm³/mol. The van der Waals surface area contributed by atoms with E-state index in [1.54, 1.807) is 0 Å². The van der Waals surface area contributed by atoms with Crippen molar-refractivity contribution < 1.29 is 4.79 Å². The Morgan fingerprint density at radius 3 is 3.00 bits per heavy atom. The van der Waals surface area contributed by atoms with Gasteiger partial charge in [0.25, 0.3) is 5.56 Å². The maximum atomic E-state index is 11.8. The van der Waals surface area contributed by atoms with Crippen molar-refractivity contribution in [3.63, 3.8) is 0 Å². The SMILES string of the molecule is O=C(NCCn1ccc(=O)[nH]c1=O)C1C=CCCC1. The molecule has 1 amide bonds. The first-order valence-corrected chi connectivity index (χ1v) is 6.41. The number of nitrogens with one attached hydrogen (secondary N) is 2. The predicted octanol–water partition coefficient (Wildman–Crippen LogP) is 0.00910. The van der Waals surface area contributed by atoms with Gasteiger partial charge in [0.15, 0.2) is 0 Å². The van der Waals surface area contributed by atoms with Crippen LogP contribution >= 0.6 is 0 Å². The third-order valence-electron chi connectivity index (χ3n) is 3.14. The topological polar surface area (TPSA) is 84.0 Å². The molecule has 1 heterocycles. The summed E-state index contributed by atoms with van der Waals surface area (Å²) in [7, 11) is 0. The monoisotopic (exact) mass is 263 g/mol. The van der Waals surface area contributed by atoms with Crippen molar-refractivity contribution in [2.24, 2.45) is 5.92 Å². The van der Waals surface area contributed by atoms with Crippen LogP contribution in [0.4, 0.5) is 0 Å². The lowest BCUT2D eigenvalue weighted by Gasteiger charge is -2.16. The highest BCUT2D eigenvalue weighted by Crippen LogP contribution is 2.16. The second-order valence-electron chi connectivity index (χ2n) is 4.56. The molecular weight excluding hydrogens is 246 g/mol. The summed E-state index contributed by atoms with van der Waals surface area (Å²) < 4.78 is 1.36. The Kier molecular flexibility index (Phi) is 4.33. The maximum absolute atomic E-state index is 11.8. The lowest BCUT2D eigenvalue weighted by Crippen LogP contribution is -2.36. The first-order chi connectivity index (χ1) is 9.16. The molecule has 1 aromatic rings. The molecule has 1 aliphatic rings. The van der Waals surface area contributed by atoms with Crippen LogP contribution in [0.1, 0.15) is 19.3 Å². The van der Waals surface area contributed by atoms with Gasteiger partial charge in [-0.15, -0.1) is 0 Å². The minimum absolute atomic E-state index is 0.00609. The molecule has 1 unspecified atom stereocenters. The summed E-state index contributed by atoms with van der Waals surface area (Å²) in [6.45, 7) is 0.715. The number of amides is 1. The molecule has 0 fully saturated rings. The molecule has 2 rings (SSSR count). The molecule has 0 saturated heterocycles. The lowest BCUT2D eigenvalue weighted by atomic mass is 9.95. The molecule has 1 aromatic heterocycles. The average Bonchev–Trinajstić information content (AvgIpc) is 2.42. The van der Waals surface area contributed by atoms with Crippen molar-refractivity contribution in [2.75, 3.05) is 6.54 Å². The number of nitrogens with zero attached hydrogens (tertiary/aromatic N) is 1. The highest BCUT2D eigenvalue weighted by molar-refractivity contribution is 5.80. The fraction of sp³-hybridized carbons (Fsp3) is 0.462. The Bertz CT molecular complexity index is 585. The van der Waals surface area contributed by atoms with Gasteiger partial charge in [-0.1, -0.05) is 12.2 Å². The van der Waals surface area contributed by atoms with Gasteiger partial charge >= 0.3 is 5.69 Å². The van der Waals surface area contributed by atoms with Crippen molar-refractivity contribution in [3.8, 4) is 0 Å². The second-order valence-corrected chi connectivity index (χ2v) is 4.56. The van der Waals surface area contributed by atoms with Crippen molar-refractivity contribution in [3.05, 3.63) is 45.3 Å². The van der Waals surface area contributed by atoms with Gasteiger partial charge in [0.2, 0.25) is 5.91 Å². The Hall–Kier alpha value is -2.11. The molecule has 19 heavy (non-hydrogen) atoms. The molecule has 6 heteroatoms. The third-order valence-corrected chi connectivity index (χ3v) is 3.14. The van der Waals surface area contributed by atoms with Gasteiger partial charge < -0.3 is 5.32 Å². The molecule has 2 N–H and O–H groups in total. The van der Waals surface area contributed by atoms with Gasteiger partial charge in [0.1, 0.15) is 0 Å². The third kappa shape index (κ3) is 3.67. The van der Waals surface area contributed by atoms with Gasteiger partial charge in [-0.25, -0.2) is 4.79 Å². The first kappa shape index (κ1) is 13.3. The van der Waals surface area contributed by atoms with Crippen LogP contribution in [-0.2, 0) is 11.3 Å². The highest BCUT2D eigenvalue weighted by atomic mass is 16.2. The van der Waals surface area contributed by atoms with Crippen molar-refractivity contribution in [1.29, 1.82) is 0 Å². The first-order valence-electron chi connectivity index (χ1n) is 6.41. The summed E-state index contributed by atoms with van der Waals surface area (Å²) in [5.41, 5.74) is -0.878. The molecule has 0 spiro atoms. The zero-order valence-electron chi connectivity index (χ0n) is 10.6. The van der Waals surface area contributed by atoms with E-state index < -0.39 is 11.2 Å². The molecule has 6 nitrogen and oxygen atoms in total. The smallest absolute Gasteiger partial charge is 0.328 e. The molecule has 0 bridgehead atoms. The van der Waals surface area contributed by atoms with E-state index in [1.807, 2.05) is 12.2 Å². The number of aromatic nitrogens is 2. The van der Waals surface area contributed by atoms with Crippen LogP contribution in [0.2, 0.25) is 0 Å².